The van der Waals surface area contributed by atoms with E-state index in [1.165, 1.54) is 4.90 Å². The first-order valence-corrected chi connectivity index (χ1v) is 4.42. The summed E-state index contributed by atoms with van der Waals surface area (Å²) in [7, 11) is 0. The average molecular weight is 179 g/mol. The van der Waals surface area contributed by atoms with Crippen molar-refractivity contribution in [2.75, 3.05) is 18.8 Å². The molecule has 0 aromatic rings. The Hall–Kier alpha value is -0.620. The SMILES string of the molecule is O=C(O)N1CC(CS(=O)O)C1. The van der Waals surface area contributed by atoms with Gasteiger partial charge in [0, 0.05) is 19.0 Å². The molecule has 1 fully saturated rings. The molecule has 0 spiro atoms. The highest BCUT2D eigenvalue weighted by atomic mass is 32.2. The van der Waals surface area contributed by atoms with E-state index in [4.69, 9.17) is 9.66 Å². The van der Waals surface area contributed by atoms with Crippen molar-refractivity contribution in [3.63, 3.8) is 0 Å². The Bertz CT molecular complexity index is 189. The van der Waals surface area contributed by atoms with E-state index < -0.39 is 17.2 Å². The van der Waals surface area contributed by atoms with Crippen LogP contribution < -0.4 is 0 Å². The largest absolute Gasteiger partial charge is 0.465 e. The highest BCUT2D eigenvalue weighted by molar-refractivity contribution is 7.79. The molecular formula is C5H9NO4S. The second-order valence-corrected chi connectivity index (χ2v) is 3.52. The van der Waals surface area contributed by atoms with Gasteiger partial charge in [-0.05, 0) is 0 Å². The van der Waals surface area contributed by atoms with Crippen LogP contribution in [-0.4, -0.2) is 43.7 Å². The van der Waals surface area contributed by atoms with Crippen LogP contribution >= 0.6 is 0 Å². The standard InChI is InChI=1S/C5H9NO4S/c7-5(8)6-1-4(2-6)3-11(9)10/h4H,1-3H2,(H,7,8)(H,9,10). The number of carbonyl (C=O) groups is 1. The van der Waals surface area contributed by atoms with Gasteiger partial charge in [0.1, 0.15) is 0 Å². The summed E-state index contributed by atoms with van der Waals surface area (Å²) >= 11 is -1.79. The summed E-state index contributed by atoms with van der Waals surface area (Å²) < 4.78 is 18.6. The third kappa shape index (κ3) is 2.16. The molecule has 2 N–H and O–H groups in total. The highest BCUT2D eigenvalue weighted by Gasteiger charge is 2.31. The zero-order valence-electron chi connectivity index (χ0n) is 5.77. The van der Waals surface area contributed by atoms with Crippen molar-refractivity contribution >= 4 is 17.2 Å². The summed E-state index contributed by atoms with van der Waals surface area (Å²) in [6, 6.07) is 0. The van der Waals surface area contributed by atoms with Crippen LogP contribution in [0, 0.1) is 5.92 Å². The van der Waals surface area contributed by atoms with Gasteiger partial charge < -0.3 is 14.6 Å². The van der Waals surface area contributed by atoms with Gasteiger partial charge in [-0.15, -0.1) is 0 Å². The third-order valence-electron chi connectivity index (χ3n) is 1.61. The molecule has 1 unspecified atom stereocenters. The van der Waals surface area contributed by atoms with E-state index in [9.17, 15) is 9.00 Å². The van der Waals surface area contributed by atoms with Crippen molar-refractivity contribution in [3.8, 4) is 0 Å². The van der Waals surface area contributed by atoms with Crippen molar-refractivity contribution in [1.82, 2.24) is 4.90 Å². The molecule has 0 bridgehead atoms. The van der Waals surface area contributed by atoms with Crippen LogP contribution in [0.3, 0.4) is 0 Å². The molecule has 0 aromatic heterocycles. The summed E-state index contributed by atoms with van der Waals surface area (Å²) in [5, 5.41) is 8.37. The van der Waals surface area contributed by atoms with Crippen molar-refractivity contribution in [2.24, 2.45) is 5.92 Å². The van der Waals surface area contributed by atoms with Crippen molar-refractivity contribution in [1.29, 1.82) is 0 Å². The lowest BCUT2D eigenvalue weighted by Crippen LogP contribution is -2.51. The molecule has 1 aliphatic rings. The van der Waals surface area contributed by atoms with Crippen LogP contribution in [0.25, 0.3) is 0 Å². The lowest BCUT2D eigenvalue weighted by Gasteiger charge is -2.36. The minimum atomic E-state index is -1.79. The smallest absolute Gasteiger partial charge is 0.407 e. The molecule has 64 valence electrons. The van der Waals surface area contributed by atoms with E-state index in [2.05, 4.69) is 0 Å². The number of carboxylic acid groups (broad SMARTS) is 1. The van der Waals surface area contributed by atoms with Gasteiger partial charge in [0.25, 0.3) is 0 Å². The molecule has 1 rings (SSSR count). The fraction of sp³-hybridized carbons (Fsp3) is 0.800. The molecule has 1 amide bonds. The Labute approximate surface area is 66.3 Å². The zero-order chi connectivity index (χ0) is 8.43. The molecule has 0 radical (unpaired) electrons. The number of likely N-dealkylation sites (tertiary alicyclic amines) is 1. The Balaban J connectivity index is 2.19. The Morgan fingerprint density at radius 3 is 2.55 bits per heavy atom. The molecule has 5 nitrogen and oxygen atoms in total. The first-order chi connectivity index (χ1) is 5.09. The molecule has 6 heteroatoms. The van der Waals surface area contributed by atoms with Gasteiger partial charge in [-0.2, -0.15) is 0 Å². The summed E-state index contributed by atoms with van der Waals surface area (Å²) in [4.78, 5) is 11.4. The van der Waals surface area contributed by atoms with E-state index in [1.54, 1.807) is 0 Å². The topological polar surface area (TPSA) is 77.8 Å². The number of amides is 1. The maximum absolute atomic E-state index is 10.2. The average Bonchev–Trinajstić information content (AvgIpc) is 1.75. The van der Waals surface area contributed by atoms with Crippen LogP contribution in [0.4, 0.5) is 4.79 Å². The molecular weight excluding hydrogens is 170 g/mol. The van der Waals surface area contributed by atoms with E-state index in [0.717, 1.165) is 0 Å². The van der Waals surface area contributed by atoms with Gasteiger partial charge in [0.15, 0.2) is 11.1 Å². The Kier molecular flexibility index (Phi) is 2.45. The number of rotatable bonds is 2. The molecule has 1 saturated heterocycles. The first-order valence-electron chi connectivity index (χ1n) is 3.15. The predicted molar refractivity (Wildman–Crippen MR) is 38.7 cm³/mol. The maximum atomic E-state index is 10.2. The lowest BCUT2D eigenvalue weighted by atomic mass is 10.0. The molecule has 1 atom stereocenters. The third-order valence-corrected chi connectivity index (χ3v) is 2.36. The fourth-order valence-electron chi connectivity index (χ4n) is 1.03. The Morgan fingerprint density at radius 1 is 1.64 bits per heavy atom. The number of nitrogens with zero attached hydrogens (tertiary/aromatic N) is 1. The second-order valence-electron chi connectivity index (χ2n) is 2.54. The summed E-state index contributed by atoms with van der Waals surface area (Å²) in [5.74, 6) is 0.251. The van der Waals surface area contributed by atoms with Crippen LogP contribution in [0.15, 0.2) is 0 Å². The summed E-state index contributed by atoms with van der Waals surface area (Å²) in [5.41, 5.74) is 0. The molecule has 0 saturated carbocycles. The van der Waals surface area contributed by atoms with Crippen LogP contribution in [0.1, 0.15) is 0 Å². The van der Waals surface area contributed by atoms with Gasteiger partial charge in [-0.3, -0.25) is 0 Å². The quantitative estimate of drug-likeness (QED) is 0.576. The van der Waals surface area contributed by atoms with Crippen LogP contribution in [-0.2, 0) is 11.1 Å². The number of hydrogen-bond acceptors (Lipinski definition) is 2. The normalized spacial score (nSPS) is 21.0. The minimum absolute atomic E-state index is 0.0666. The van der Waals surface area contributed by atoms with Gasteiger partial charge in [-0.25, -0.2) is 9.00 Å². The molecule has 0 aliphatic carbocycles. The number of hydrogen-bond donors (Lipinski definition) is 2. The molecule has 1 aliphatic heterocycles. The summed E-state index contributed by atoms with van der Waals surface area (Å²) in [6.07, 6.45) is -0.954. The van der Waals surface area contributed by atoms with Crippen LogP contribution in [0.5, 0.6) is 0 Å². The first kappa shape index (κ1) is 8.48. The van der Waals surface area contributed by atoms with E-state index in [0.29, 0.717) is 13.1 Å². The highest BCUT2D eigenvalue weighted by Crippen LogP contribution is 2.15. The molecule has 1 heterocycles. The van der Waals surface area contributed by atoms with Crippen molar-refractivity contribution in [3.05, 3.63) is 0 Å². The monoisotopic (exact) mass is 179 g/mol. The molecule has 11 heavy (non-hydrogen) atoms. The van der Waals surface area contributed by atoms with Gasteiger partial charge in [0.05, 0.1) is 5.75 Å². The molecule has 0 aromatic carbocycles. The second kappa shape index (κ2) is 3.19. The maximum Gasteiger partial charge on any atom is 0.407 e. The van der Waals surface area contributed by atoms with Crippen LogP contribution in [0.2, 0.25) is 0 Å². The minimum Gasteiger partial charge on any atom is -0.465 e. The summed E-state index contributed by atoms with van der Waals surface area (Å²) in [6.45, 7) is 0.781. The van der Waals surface area contributed by atoms with Crippen molar-refractivity contribution < 1.29 is 18.7 Å². The van der Waals surface area contributed by atoms with Gasteiger partial charge >= 0.3 is 6.09 Å². The zero-order valence-corrected chi connectivity index (χ0v) is 6.58. The Morgan fingerprint density at radius 2 is 2.18 bits per heavy atom. The van der Waals surface area contributed by atoms with Crippen molar-refractivity contribution in [2.45, 2.75) is 0 Å². The van der Waals surface area contributed by atoms with Gasteiger partial charge in [-0.1, -0.05) is 0 Å². The van der Waals surface area contributed by atoms with E-state index in [1.807, 2.05) is 0 Å². The lowest BCUT2D eigenvalue weighted by molar-refractivity contribution is 0.0893. The van der Waals surface area contributed by atoms with Gasteiger partial charge in [0.2, 0.25) is 0 Å². The predicted octanol–water partition coefficient (Wildman–Crippen LogP) is -0.182. The van der Waals surface area contributed by atoms with E-state index >= 15 is 0 Å². The fourth-order valence-corrected chi connectivity index (χ4v) is 1.65. The van der Waals surface area contributed by atoms with E-state index in [-0.39, 0.29) is 11.7 Å².